The molecule has 5 aliphatic carbocycles. The number of aliphatic hydroxyl groups excluding tert-OH is 5. The van der Waals surface area contributed by atoms with E-state index in [1.807, 2.05) is 27.7 Å². The maximum absolute atomic E-state index is 14.4. The van der Waals surface area contributed by atoms with Gasteiger partial charge in [-0.05, 0) is 92.3 Å². The van der Waals surface area contributed by atoms with Gasteiger partial charge in [0.15, 0.2) is 5.78 Å². The van der Waals surface area contributed by atoms with Crippen molar-refractivity contribution in [1.82, 2.24) is 0 Å². The summed E-state index contributed by atoms with van der Waals surface area (Å²) in [6, 6.07) is 0. The number of carbonyl (C=O) groups is 2. The van der Waals surface area contributed by atoms with Gasteiger partial charge in [0.25, 0.3) is 0 Å². The third-order valence-electron chi connectivity index (χ3n) is 15.2. The second kappa shape index (κ2) is 10.8. The zero-order chi connectivity index (χ0) is 34.0. The summed E-state index contributed by atoms with van der Waals surface area (Å²) >= 11 is 0. The molecule has 1 saturated heterocycles. The Morgan fingerprint density at radius 2 is 1.61 bits per heavy atom. The van der Waals surface area contributed by atoms with E-state index in [9.17, 15) is 40.2 Å². The van der Waals surface area contributed by atoms with Crippen molar-refractivity contribution in [3.05, 3.63) is 11.6 Å². The van der Waals surface area contributed by atoms with Crippen LogP contribution in [0.5, 0.6) is 0 Å². The minimum absolute atomic E-state index is 0.0653. The van der Waals surface area contributed by atoms with Gasteiger partial charge in [-0.25, -0.2) is 0 Å². The number of hydrogen-bond acceptors (Lipinski definition) is 10. The molecule has 260 valence electrons. The van der Waals surface area contributed by atoms with E-state index in [-0.39, 0.29) is 39.8 Å². The fraction of sp³-hybridized carbons (Fsp3) is 0.889. The third-order valence-corrected chi connectivity index (χ3v) is 15.2. The molecule has 4 saturated carbocycles. The molecule has 10 heteroatoms. The number of Topliss-reactive ketones (excluding diaryl/α,β-unsaturated/α-hetero) is 1. The van der Waals surface area contributed by atoms with E-state index in [2.05, 4.69) is 26.8 Å². The number of ketones is 1. The maximum atomic E-state index is 14.4. The summed E-state index contributed by atoms with van der Waals surface area (Å²) in [5.74, 6) is -1.03. The summed E-state index contributed by atoms with van der Waals surface area (Å²) in [4.78, 5) is 27.6. The molecule has 6 aliphatic rings. The summed E-state index contributed by atoms with van der Waals surface area (Å²) in [5, 5.41) is 64.4. The molecule has 46 heavy (non-hydrogen) atoms. The summed E-state index contributed by atoms with van der Waals surface area (Å²) < 4.78 is 11.4. The number of rotatable bonds is 3. The zero-order valence-corrected chi connectivity index (χ0v) is 28.5. The van der Waals surface area contributed by atoms with Crippen molar-refractivity contribution in [2.45, 2.75) is 142 Å². The number of hydrogen-bond donors (Lipinski definition) is 6. The number of esters is 1. The summed E-state index contributed by atoms with van der Waals surface area (Å²) in [6.07, 6.45) is -1.40. The third kappa shape index (κ3) is 4.32. The van der Waals surface area contributed by atoms with Crippen LogP contribution in [0.15, 0.2) is 11.6 Å². The first-order chi connectivity index (χ1) is 21.2. The van der Waals surface area contributed by atoms with Crippen LogP contribution in [0.25, 0.3) is 0 Å². The standard InChI is InChI=1S/C36H56O10/c1-18-10-13-36(30(43)46-29-26(41)25(40)24(39)21(17-37)45-29)15-14-33(5)19(27(36)35(18,7)44)8-9-23-32(4)16-20(38)28(42)31(2,3)22(32)11-12-34(23,33)6/h8,18,20-27,29,37-41,44H,9-17H2,1-7H3/t18-,20-,21-,22?,23?,24-,25+,26-,27-,29+,32+,33-,34-,35-,36+/m1/s1. The number of carbonyl (C=O) groups excluding carboxylic acids is 2. The van der Waals surface area contributed by atoms with Crippen molar-refractivity contribution in [2.24, 2.45) is 50.7 Å². The van der Waals surface area contributed by atoms with Crippen LogP contribution in [0, 0.1) is 50.7 Å². The number of ether oxygens (including phenoxy) is 2. The predicted molar refractivity (Wildman–Crippen MR) is 167 cm³/mol. The molecule has 10 nitrogen and oxygen atoms in total. The van der Waals surface area contributed by atoms with Gasteiger partial charge >= 0.3 is 5.97 Å². The van der Waals surface area contributed by atoms with E-state index in [1.54, 1.807) is 0 Å². The van der Waals surface area contributed by atoms with Gasteiger partial charge in [0.1, 0.15) is 30.5 Å². The second-order valence-corrected chi connectivity index (χ2v) is 17.5. The molecule has 0 aromatic rings. The Labute approximate surface area is 272 Å². The minimum Gasteiger partial charge on any atom is -0.432 e. The number of aliphatic hydroxyl groups is 6. The molecule has 0 amide bonds. The van der Waals surface area contributed by atoms with E-state index in [1.165, 1.54) is 0 Å². The Morgan fingerprint density at radius 1 is 0.935 bits per heavy atom. The van der Waals surface area contributed by atoms with Gasteiger partial charge in [-0.1, -0.05) is 53.2 Å². The largest absolute Gasteiger partial charge is 0.432 e. The van der Waals surface area contributed by atoms with Gasteiger partial charge in [0.2, 0.25) is 6.29 Å². The van der Waals surface area contributed by atoms with Gasteiger partial charge in [0, 0.05) is 11.3 Å². The predicted octanol–water partition coefficient (Wildman–Crippen LogP) is 2.64. The quantitative estimate of drug-likeness (QED) is 0.197. The zero-order valence-electron chi connectivity index (χ0n) is 28.5. The van der Waals surface area contributed by atoms with Crippen LogP contribution in [0.3, 0.4) is 0 Å². The highest BCUT2D eigenvalue weighted by Crippen LogP contribution is 2.76. The molecule has 6 rings (SSSR count). The molecule has 6 N–H and O–H groups in total. The Hall–Kier alpha value is -1.40. The van der Waals surface area contributed by atoms with E-state index < -0.39 is 71.7 Å². The maximum Gasteiger partial charge on any atom is 0.315 e. The lowest BCUT2D eigenvalue weighted by Gasteiger charge is -2.71. The topological polar surface area (TPSA) is 174 Å². The van der Waals surface area contributed by atoms with Gasteiger partial charge in [-0.15, -0.1) is 0 Å². The van der Waals surface area contributed by atoms with Crippen molar-refractivity contribution in [1.29, 1.82) is 0 Å². The fourth-order valence-electron chi connectivity index (χ4n) is 12.2. The summed E-state index contributed by atoms with van der Waals surface area (Å²) in [6.45, 7) is 14.1. The Morgan fingerprint density at radius 3 is 2.26 bits per heavy atom. The highest BCUT2D eigenvalue weighted by atomic mass is 16.7. The lowest BCUT2D eigenvalue weighted by molar-refractivity contribution is -0.299. The molecule has 0 radical (unpaired) electrons. The Kier molecular flexibility index (Phi) is 8.09. The molecule has 0 spiro atoms. The van der Waals surface area contributed by atoms with Crippen LogP contribution in [0.4, 0.5) is 0 Å². The van der Waals surface area contributed by atoms with Crippen molar-refractivity contribution in [3.63, 3.8) is 0 Å². The number of allylic oxidation sites excluding steroid dienone is 1. The van der Waals surface area contributed by atoms with E-state index in [0.717, 1.165) is 18.4 Å². The highest BCUT2D eigenvalue weighted by molar-refractivity contribution is 5.89. The van der Waals surface area contributed by atoms with Crippen LogP contribution in [-0.4, -0.2) is 91.4 Å². The van der Waals surface area contributed by atoms with Crippen LogP contribution in [0.2, 0.25) is 0 Å². The van der Waals surface area contributed by atoms with Crippen molar-refractivity contribution < 1.29 is 49.7 Å². The fourth-order valence-corrected chi connectivity index (χ4v) is 12.2. The van der Waals surface area contributed by atoms with Crippen molar-refractivity contribution >= 4 is 11.8 Å². The molecule has 5 fully saturated rings. The average Bonchev–Trinajstić information content (AvgIpc) is 2.98. The molecule has 0 aromatic heterocycles. The summed E-state index contributed by atoms with van der Waals surface area (Å²) in [7, 11) is 0. The number of fused-ring (bicyclic) bond motifs is 7. The van der Waals surface area contributed by atoms with Crippen molar-refractivity contribution in [2.75, 3.05) is 6.61 Å². The highest BCUT2D eigenvalue weighted by Gasteiger charge is 2.72. The van der Waals surface area contributed by atoms with Crippen LogP contribution >= 0.6 is 0 Å². The molecule has 0 aromatic carbocycles. The summed E-state index contributed by atoms with van der Waals surface area (Å²) in [5.41, 5.74) is -2.79. The van der Waals surface area contributed by atoms with Gasteiger partial charge in [0.05, 0.1) is 17.6 Å². The smallest absolute Gasteiger partial charge is 0.315 e. The monoisotopic (exact) mass is 648 g/mol. The average molecular weight is 649 g/mol. The van der Waals surface area contributed by atoms with E-state index in [0.29, 0.717) is 38.5 Å². The molecule has 1 aliphatic heterocycles. The lowest BCUT2D eigenvalue weighted by atomic mass is 9.33. The Bertz CT molecular complexity index is 1290. The molecular formula is C36H56O10. The van der Waals surface area contributed by atoms with Gasteiger partial charge < -0.3 is 40.1 Å². The molecule has 2 unspecified atom stereocenters. The molecule has 0 bridgehead atoms. The van der Waals surface area contributed by atoms with Crippen LogP contribution < -0.4 is 0 Å². The van der Waals surface area contributed by atoms with Gasteiger partial charge in [-0.3, -0.25) is 9.59 Å². The normalized spacial score (nSPS) is 54.8. The first kappa shape index (κ1) is 34.5. The van der Waals surface area contributed by atoms with Crippen molar-refractivity contribution in [3.8, 4) is 0 Å². The molecule has 1 heterocycles. The molecule has 15 atom stereocenters. The second-order valence-electron chi connectivity index (χ2n) is 17.5. The first-order valence-electron chi connectivity index (χ1n) is 17.4. The van der Waals surface area contributed by atoms with Crippen LogP contribution in [-0.2, 0) is 19.1 Å². The lowest BCUT2D eigenvalue weighted by Crippen LogP contribution is -2.68. The van der Waals surface area contributed by atoms with Gasteiger partial charge in [-0.2, -0.15) is 0 Å². The first-order valence-corrected chi connectivity index (χ1v) is 17.4. The minimum atomic E-state index is -1.71. The SMILES string of the molecule is C[C@@H]1CC[C@]2(C(=O)O[C@@H]3O[C@H](CO)[C@@H](O)[C@H](O)[C@H]3O)CC[C@]3(C)C(=CCC4[C@@]5(C)C[C@@H](O)C(=O)C(C)(C)C5CC[C@]43C)[C@@H]2[C@]1(C)O. The van der Waals surface area contributed by atoms with E-state index in [4.69, 9.17) is 9.47 Å². The van der Waals surface area contributed by atoms with E-state index >= 15 is 0 Å². The van der Waals surface area contributed by atoms with Crippen LogP contribution in [0.1, 0.15) is 99.8 Å². The Balaban J connectivity index is 1.40. The molecular weight excluding hydrogens is 592 g/mol.